The molecule has 6 heteroatoms. The van der Waals surface area contributed by atoms with Crippen LogP contribution in [0.4, 0.5) is 5.69 Å². The molecule has 0 aliphatic carbocycles. The fourth-order valence-electron chi connectivity index (χ4n) is 2.98. The number of fused-ring (bicyclic) bond motifs is 1. The van der Waals surface area contributed by atoms with Gasteiger partial charge in [-0.2, -0.15) is 0 Å². The predicted octanol–water partition coefficient (Wildman–Crippen LogP) is 4.59. The fraction of sp³-hybridized carbons (Fsp3) is 0.250. The van der Waals surface area contributed by atoms with Crippen LogP contribution in [0.15, 0.2) is 36.4 Å². The molecule has 2 aromatic carbocycles. The number of rotatable bonds is 4. The Labute approximate surface area is 164 Å². The zero-order valence-electron chi connectivity index (χ0n) is 15.0. The van der Waals surface area contributed by atoms with Crippen LogP contribution in [0.25, 0.3) is 5.70 Å². The van der Waals surface area contributed by atoms with Crippen LogP contribution in [-0.4, -0.2) is 25.8 Å². The SMILES string of the molecule is COc1cc2c(cc1OC)/C(=C/C(=S)Nc1cccc(Cl)c1C)NCC2. The Bertz CT molecular complexity index is 880. The lowest BCUT2D eigenvalue weighted by Crippen LogP contribution is -2.24. The highest BCUT2D eigenvalue weighted by molar-refractivity contribution is 7.81. The molecule has 3 rings (SSSR count). The molecular formula is C20H21ClN2O2S. The van der Waals surface area contributed by atoms with Crippen LogP contribution < -0.4 is 20.1 Å². The number of thiocarbonyl (C=S) groups is 1. The average molecular weight is 389 g/mol. The molecule has 1 aliphatic heterocycles. The highest BCUT2D eigenvalue weighted by Crippen LogP contribution is 2.35. The molecule has 0 bridgehead atoms. The third-order valence-corrected chi connectivity index (χ3v) is 5.04. The summed E-state index contributed by atoms with van der Waals surface area (Å²) in [6.07, 6.45) is 2.85. The minimum atomic E-state index is 0.612. The Morgan fingerprint density at radius 3 is 2.69 bits per heavy atom. The van der Waals surface area contributed by atoms with Crippen molar-refractivity contribution in [3.8, 4) is 11.5 Å². The Hall–Kier alpha value is -2.24. The summed E-state index contributed by atoms with van der Waals surface area (Å²) in [6, 6.07) is 9.74. The van der Waals surface area contributed by atoms with E-state index in [4.69, 9.17) is 33.3 Å². The van der Waals surface area contributed by atoms with E-state index in [0.717, 1.165) is 41.2 Å². The van der Waals surface area contributed by atoms with Gasteiger partial charge in [-0.3, -0.25) is 0 Å². The van der Waals surface area contributed by atoms with Crippen molar-refractivity contribution in [3.05, 3.63) is 58.1 Å². The van der Waals surface area contributed by atoms with E-state index in [1.165, 1.54) is 5.56 Å². The number of benzene rings is 2. The number of methoxy groups -OCH3 is 2. The number of hydrogen-bond donors (Lipinski definition) is 2. The molecule has 0 radical (unpaired) electrons. The molecule has 0 spiro atoms. The fourth-order valence-corrected chi connectivity index (χ4v) is 3.38. The standard InChI is InChI=1S/C20H21ClN2O2S/c1-12-15(21)5-4-6-16(12)23-20(26)11-17-14-10-19(25-3)18(24-2)9-13(14)7-8-22-17/h4-6,9-11,22H,7-8H2,1-3H3,(H,23,26)/b17-11-. The topological polar surface area (TPSA) is 42.5 Å². The summed E-state index contributed by atoms with van der Waals surface area (Å²) in [5, 5.41) is 7.38. The van der Waals surface area contributed by atoms with Crippen molar-refractivity contribution in [2.24, 2.45) is 0 Å². The molecule has 26 heavy (non-hydrogen) atoms. The normalized spacial score (nSPS) is 14.4. The maximum absolute atomic E-state index is 6.18. The van der Waals surface area contributed by atoms with Crippen molar-refractivity contribution in [1.29, 1.82) is 0 Å². The zero-order chi connectivity index (χ0) is 18.7. The summed E-state index contributed by atoms with van der Waals surface area (Å²) in [5.74, 6) is 1.44. The van der Waals surface area contributed by atoms with E-state index >= 15 is 0 Å². The van der Waals surface area contributed by atoms with E-state index in [2.05, 4.69) is 10.6 Å². The van der Waals surface area contributed by atoms with Crippen LogP contribution in [0.5, 0.6) is 11.5 Å². The van der Waals surface area contributed by atoms with Gasteiger partial charge in [-0.15, -0.1) is 0 Å². The summed E-state index contributed by atoms with van der Waals surface area (Å²) in [5.41, 5.74) is 5.11. The van der Waals surface area contributed by atoms with E-state index in [1.54, 1.807) is 14.2 Å². The number of halogens is 1. The Balaban J connectivity index is 1.91. The van der Waals surface area contributed by atoms with Gasteiger partial charge in [0.2, 0.25) is 0 Å². The Morgan fingerprint density at radius 1 is 1.23 bits per heavy atom. The maximum Gasteiger partial charge on any atom is 0.161 e. The van der Waals surface area contributed by atoms with Gasteiger partial charge in [0, 0.05) is 28.5 Å². The first kappa shape index (κ1) is 18.5. The summed E-state index contributed by atoms with van der Waals surface area (Å²) < 4.78 is 10.8. The van der Waals surface area contributed by atoms with Crippen molar-refractivity contribution in [2.45, 2.75) is 13.3 Å². The summed E-state index contributed by atoms with van der Waals surface area (Å²) in [6.45, 7) is 2.80. The third-order valence-electron chi connectivity index (χ3n) is 4.41. The first-order chi connectivity index (χ1) is 12.5. The molecule has 4 nitrogen and oxygen atoms in total. The minimum absolute atomic E-state index is 0.612. The molecule has 0 fully saturated rings. The van der Waals surface area contributed by atoms with Crippen molar-refractivity contribution in [3.63, 3.8) is 0 Å². The molecule has 0 aromatic heterocycles. The van der Waals surface area contributed by atoms with Crippen LogP contribution >= 0.6 is 23.8 Å². The number of ether oxygens (including phenoxy) is 2. The van der Waals surface area contributed by atoms with E-state index in [-0.39, 0.29) is 0 Å². The van der Waals surface area contributed by atoms with Gasteiger partial charge in [0.05, 0.1) is 14.2 Å². The van der Waals surface area contributed by atoms with Crippen molar-refractivity contribution < 1.29 is 9.47 Å². The highest BCUT2D eigenvalue weighted by atomic mass is 35.5. The van der Waals surface area contributed by atoms with Crippen molar-refractivity contribution in [1.82, 2.24) is 5.32 Å². The summed E-state index contributed by atoms with van der Waals surface area (Å²) in [4.78, 5) is 0.612. The van der Waals surface area contributed by atoms with Crippen LogP contribution in [0.2, 0.25) is 5.02 Å². The smallest absolute Gasteiger partial charge is 0.161 e. The first-order valence-corrected chi connectivity index (χ1v) is 9.09. The van der Waals surface area contributed by atoms with Gasteiger partial charge in [0.1, 0.15) is 4.99 Å². The second-order valence-electron chi connectivity index (χ2n) is 6.00. The monoisotopic (exact) mass is 388 g/mol. The van der Waals surface area contributed by atoms with Crippen molar-refractivity contribution >= 4 is 40.2 Å². The highest BCUT2D eigenvalue weighted by Gasteiger charge is 2.18. The van der Waals surface area contributed by atoms with Gasteiger partial charge >= 0.3 is 0 Å². The molecule has 0 amide bonds. The van der Waals surface area contributed by atoms with E-state index in [1.807, 2.05) is 43.3 Å². The Morgan fingerprint density at radius 2 is 1.96 bits per heavy atom. The molecule has 2 N–H and O–H groups in total. The number of anilines is 1. The van der Waals surface area contributed by atoms with E-state index in [0.29, 0.717) is 15.8 Å². The minimum Gasteiger partial charge on any atom is -0.493 e. The molecule has 0 saturated carbocycles. The average Bonchev–Trinajstić information content (AvgIpc) is 2.64. The van der Waals surface area contributed by atoms with Crippen LogP contribution in [0, 0.1) is 6.92 Å². The zero-order valence-corrected chi connectivity index (χ0v) is 16.6. The second-order valence-corrected chi connectivity index (χ2v) is 6.85. The Kier molecular flexibility index (Phi) is 5.69. The predicted molar refractivity (Wildman–Crippen MR) is 112 cm³/mol. The molecule has 1 heterocycles. The molecule has 136 valence electrons. The van der Waals surface area contributed by atoms with E-state index in [9.17, 15) is 0 Å². The summed E-state index contributed by atoms with van der Waals surface area (Å²) >= 11 is 11.7. The van der Waals surface area contributed by atoms with Crippen LogP contribution in [0.1, 0.15) is 16.7 Å². The van der Waals surface area contributed by atoms with Gasteiger partial charge < -0.3 is 20.1 Å². The quantitative estimate of drug-likeness (QED) is 0.592. The van der Waals surface area contributed by atoms with Gasteiger partial charge in [0.25, 0.3) is 0 Å². The first-order valence-electron chi connectivity index (χ1n) is 8.30. The van der Waals surface area contributed by atoms with Crippen LogP contribution in [0.3, 0.4) is 0 Å². The molecule has 0 saturated heterocycles. The number of hydrogen-bond acceptors (Lipinski definition) is 4. The maximum atomic E-state index is 6.18. The number of nitrogens with one attached hydrogen (secondary N) is 2. The summed E-state index contributed by atoms with van der Waals surface area (Å²) in [7, 11) is 3.28. The van der Waals surface area contributed by atoms with E-state index < -0.39 is 0 Å². The van der Waals surface area contributed by atoms with Gasteiger partial charge in [-0.05, 0) is 54.8 Å². The molecule has 1 aliphatic rings. The molecule has 0 atom stereocenters. The molecule has 2 aromatic rings. The lowest BCUT2D eigenvalue weighted by Gasteiger charge is -2.23. The molecule has 0 unspecified atom stereocenters. The lowest BCUT2D eigenvalue weighted by atomic mass is 9.97. The largest absolute Gasteiger partial charge is 0.493 e. The van der Waals surface area contributed by atoms with Crippen LogP contribution in [-0.2, 0) is 6.42 Å². The molecular weight excluding hydrogens is 368 g/mol. The van der Waals surface area contributed by atoms with Gasteiger partial charge in [-0.25, -0.2) is 0 Å². The third kappa shape index (κ3) is 3.79. The van der Waals surface area contributed by atoms with Gasteiger partial charge in [-0.1, -0.05) is 29.9 Å². The lowest BCUT2D eigenvalue weighted by molar-refractivity contribution is 0.354. The van der Waals surface area contributed by atoms with Crippen molar-refractivity contribution in [2.75, 3.05) is 26.1 Å². The second kappa shape index (κ2) is 7.98. The van der Waals surface area contributed by atoms with Gasteiger partial charge in [0.15, 0.2) is 11.5 Å².